The van der Waals surface area contributed by atoms with Crippen LogP contribution in [-0.2, 0) is 0 Å². The Balaban J connectivity index is 1.62. The number of para-hydroxylation sites is 2. The zero-order chi connectivity index (χ0) is 18.3. The maximum atomic E-state index is 6.20. The second-order valence-corrected chi connectivity index (χ2v) is 7.97. The minimum Gasteiger partial charge on any atom is -0.495 e. The average molecular weight is 389 g/mol. The molecule has 1 fully saturated rings. The number of nitrogens with zero attached hydrogens (tertiary/aromatic N) is 4. The normalized spacial score (nSPS) is 14.9. The second-order valence-electron chi connectivity index (χ2n) is 6.43. The number of ether oxygens (including phenoxy) is 1. The summed E-state index contributed by atoms with van der Waals surface area (Å²) in [6.45, 7) is 7.85. The van der Waals surface area contributed by atoms with Crippen molar-refractivity contribution < 1.29 is 4.74 Å². The summed E-state index contributed by atoms with van der Waals surface area (Å²) in [7, 11) is 1.72. The number of rotatable bonds is 3. The number of benzene rings is 1. The van der Waals surface area contributed by atoms with Gasteiger partial charge in [-0.05, 0) is 43.1 Å². The van der Waals surface area contributed by atoms with Crippen molar-refractivity contribution in [2.45, 2.75) is 13.8 Å². The summed E-state index contributed by atoms with van der Waals surface area (Å²) in [4.78, 5) is 15.9. The molecule has 0 spiro atoms. The molecule has 0 amide bonds. The third-order valence-electron chi connectivity index (χ3n) is 4.99. The molecule has 0 radical (unpaired) electrons. The van der Waals surface area contributed by atoms with Crippen LogP contribution in [0.2, 0.25) is 5.28 Å². The fourth-order valence-corrected chi connectivity index (χ4v) is 4.72. The molecule has 7 heteroatoms. The van der Waals surface area contributed by atoms with E-state index in [1.165, 1.54) is 10.4 Å². The van der Waals surface area contributed by atoms with E-state index in [4.69, 9.17) is 16.3 Å². The number of aryl methyl sites for hydroxylation is 2. The van der Waals surface area contributed by atoms with Crippen molar-refractivity contribution in [1.29, 1.82) is 0 Å². The van der Waals surface area contributed by atoms with Crippen LogP contribution in [0, 0.1) is 13.8 Å². The molecule has 0 atom stereocenters. The summed E-state index contributed by atoms with van der Waals surface area (Å²) in [6.07, 6.45) is 0. The third-order valence-corrected chi connectivity index (χ3v) is 6.26. The number of anilines is 2. The Hall–Kier alpha value is -2.05. The van der Waals surface area contributed by atoms with Crippen molar-refractivity contribution in [3.8, 4) is 5.75 Å². The number of thiophene rings is 1. The summed E-state index contributed by atoms with van der Waals surface area (Å²) in [6, 6.07) is 8.17. The van der Waals surface area contributed by atoms with Crippen LogP contribution in [0.4, 0.5) is 11.5 Å². The number of hydrogen-bond acceptors (Lipinski definition) is 6. The highest BCUT2D eigenvalue weighted by Crippen LogP contribution is 2.36. The highest BCUT2D eigenvalue weighted by molar-refractivity contribution is 7.18. The minimum atomic E-state index is 0.320. The molecule has 3 heterocycles. The van der Waals surface area contributed by atoms with Gasteiger partial charge in [-0.25, -0.2) is 4.98 Å². The summed E-state index contributed by atoms with van der Waals surface area (Å²) in [5.41, 5.74) is 2.40. The first-order chi connectivity index (χ1) is 12.6. The lowest BCUT2D eigenvalue weighted by molar-refractivity contribution is 0.413. The molecule has 1 saturated heterocycles. The van der Waals surface area contributed by atoms with Gasteiger partial charge in [0.1, 0.15) is 16.4 Å². The van der Waals surface area contributed by atoms with E-state index in [0.29, 0.717) is 5.28 Å². The molecule has 2 aromatic heterocycles. The van der Waals surface area contributed by atoms with Gasteiger partial charge in [0, 0.05) is 31.1 Å². The Labute approximate surface area is 162 Å². The predicted octanol–water partition coefficient (Wildman–Crippen LogP) is 4.30. The summed E-state index contributed by atoms with van der Waals surface area (Å²) >= 11 is 7.88. The highest BCUT2D eigenvalue weighted by Gasteiger charge is 2.24. The molecule has 1 aromatic carbocycles. The van der Waals surface area contributed by atoms with Crippen LogP contribution in [0.15, 0.2) is 24.3 Å². The van der Waals surface area contributed by atoms with Gasteiger partial charge >= 0.3 is 0 Å². The molecule has 0 aliphatic carbocycles. The molecular weight excluding hydrogens is 368 g/mol. The summed E-state index contributed by atoms with van der Waals surface area (Å²) in [5, 5.41) is 1.46. The summed E-state index contributed by atoms with van der Waals surface area (Å²) in [5.74, 6) is 1.87. The van der Waals surface area contributed by atoms with E-state index in [9.17, 15) is 0 Å². The third kappa shape index (κ3) is 2.97. The molecule has 1 aliphatic heterocycles. The number of halogens is 1. The molecule has 5 nitrogen and oxygen atoms in total. The number of methoxy groups -OCH3 is 1. The van der Waals surface area contributed by atoms with Crippen molar-refractivity contribution in [3.63, 3.8) is 0 Å². The molecular formula is C19H21ClN4OS. The Morgan fingerprint density at radius 3 is 2.46 bits per heavy atom. The van der Waals surface area contributed by atoms with Gasteiger partial charge < -0.3 is 14.5 Å². The van der Waals surface area contributed by atoms with Crippen molar-refractivity contribution in [2.24, 2.45) is 0 Å². The molecule has 4 rings (SSSR count). The Morgan fingerprint density at radius 2 is 1.73 bits per heavy atom. The first-order valence-electron chi connectivity index (χ1n) is 8.64. The first-order valence-corrected chi connectivity index (χ1v) is 9.84. The standard InChI is InChI=1S/C19H21ClN4OS/c1-12-13(2)26-18-16(12)17(21-19(20)22-18)24-10-8-23(9-11-24)14-6-4-5-7-15(14)25-3/h4-7H,8-11H2,1-3H3. The molecule has 0 saturated carbocycles. The van der Waals surface area contributed by atoms with Crippen LogP contribution in [0.1, 0.15) is 10.4 Å². The lowest BCUT2D eigenvalue weighted by Gasteiger charge is -2.37. The van der Waals surface area contributed by atoms with E-state index in [0.717, 1.165) is 53.7 Å². The van der Waals surface area contributed by atoms with Crippen molar-refractivity contribution in [2.75, 3.05) is 43.1 Å². The average Bonchev–Trinajstić information content (AvgIpc) is 2.95. The van der Waals surface area contributed by atoms with E-state index < -0.39 is 0 Å². The van der Waals surface area contributed by atoms with Crippen molar-refractivity contribution in [3.05, 3.63) is 40.0 Å². The highest BCUT2D eigenvalue weighted by atomic mass is 35.5. The molecule has 1 aliphatic rings. The van der Waals surface area contributed by atoms with Crippen molar-refractivity contribution >= 4 is 44.7 Å². The first kappa shape index (κ1) is 17.4. The number of hydrogen-bond donors (Lipinski definition) is 0. The van der Waals surface area contributed by atoms with Crippen LogP contribution in [0.25, 0.3) is 10.2 Å². The molecule has 136 valence electrons. The number of fused-ring (bicyclic) bond motifs is 1. The topological polar surface area (TPSA) is 41.5 Å². The maximum absolute atomic E-state index is 6.20. The molecule has 3 aromatic rings. The monoisotopic (exact) mass is 388 g/mol. The summed E-state index contributed by atoms with van der Waals surface area (Å²) < 4.78 is 5.51. The van der Waals surface area contributed by atoms with Gasteiger partial charge in [0.05, 0.1) is 18.2 Å². The van der Waals surface area contributed by atoms with Gasteiger partial charge in [0.25, 0.3) is 0 Å². The number of piperazine rings is 1. The van der Waals surface area contributed by atoms with E-state index in [1.54, 1.807) is 18.4 Å². The van der Waals surface area contributed by atoms with Crippen LogP contribution < -0.4 is 14.5 Å². The molecule has 26 heavy (non-hydrogen) atoms. The van der Waals surface area contributed by atoms with Gasteiger partial charge in [-0.3, -0.25) is 0 Å². The van der Waals surface area contributed by atoms with Crippen LogP contribution in [-0.4, -0.2) is 43.3 Å². The van der Waals surface area contributed by atoms with Gasteiger partial charge in [-0.15, -0.1) is 11.3 Å². The quantitative estimate of drug-likeness (QED) is 0.626. The lowest BCUT2D eigenvalue weighted by Crippen LogP contribution is -2.47. The largest absolute Gasteiger partial charge is 0.495 e. The maximum Gasteiger partial charge on any atom is 0.225 e. The SMILES string of the molecule is COc1ccccc1N1CCN(c2nc(Cl)nc3sc(C)c(C)c23)CC1. The van der Waals surface area contributed by atoms with Crippen LogP contribution in [0.3, 0.4) is 0 Å². The van der Waals surface area contributed by atoms with E-state index >= 15 is 0 Å². The molecule has 0 unspecified atom stereocenters. The Morgan fingerprint density at radius 1 is 1.04 bits per heavy atom. The zero-order valence-electron chi connectivity index (χ0n) is 15.1. The van der Waals surface area contributed by atoms with Crippen LogP contribution >= 0.6 is 22.9 Å². The number of aromatic nitrogens is 2. The van der Waals surface area contributed by atoms with E-state index in [1.807, 2.05) is 12.1 Å². The van der Waals surface area contributed by atoms with Gasteiger partial charge in [-0.1, -0.05) is 12.1 Å². The fourth-order valence-electron chi connectivity index (χ4n) is 3.48. The van der Waals surface area contributed by atoms with Crippen molar-refractivity contribution in [1.82, 2.24) is 9.97 Å². The van der Waals surface area contributed by atoms with Gasteiger partial charge in [0.15, 0.2) is 0 Å². The van der Waals surface area contributed by atoms with Crippen LogP contribution in [0.5, 0.6) is 5.75 Å². The minimum absolute atomic E-state index is 0.320. The van der Waals surface area contributed by atoms with Gasteiger partial charge in [-0.2, -0.15) is 4.98 Å². The molecule has 0 N–H and O–H groups in total. The smallest absolute Gasteiger partial charge is 0.225 e. The Bertz CT molecular complexity index is 950. The predicted molar refractivity (Wildman–Crippen MR) is 109 cm³/mol. The second kappa shape index (κ2) is 6.93. The fraction of sp³-hybridized carbons (Fsp3) is 0.368. The van der Waals surface area contributed by atoms with Gasteiger partial charge in [0.2, 0.25) is 5.28 Å². The molecule has 0 bridgehead atoms. The zero-order valence-corrected chi connectivity index (χ0v) is 16.7. The lowest BCUT2D eigenvalue weighted by atomic mass is 10.2. The van der Waals surface area contributed by atoms with E-state index in [2.05, 4.69) is 45.7 Å². The van der Waals surface area contributed by atoms with E-state index in [-0.39, 0.29) is 0 Å². The Kier molecular flexibility index (Phi) is 4.63.